The minimum absolute atomic E-state index is 0.0857. The molecule has 2 aliphatic carbocycles. The van der Waals surface area contributed by atoms with E-state index in [1.54, 1.807) is 18.2 Å². The van der Waals surface area contributed by atoms with Gasteiger partial charge in [0.15, 0.2) is 0 Å². The minimum atomic E-state index is -0.990. The quantitative estimate of drug-likeness (QED) is 0.857. The normalized spacial score (nSPS) is 32.5. The van der Waals surface area contributed by atoms with Crippen molar-refractivity contribution in [2.75, 3.05) is 0 Å². The fourth-order valence-corrected chi connectivity index (χ4v) is 3.85. The second-order valence-corrected chi connectivity index (χ2v) is 6.62. The van der Waals surface area contributed by atoms with Gasteiger partial charge in [0.05, 0.1) is 34.6 Å². The van der Waals surface area contributed by atoms with Crippen molar-refractivity contribution in [3.63, 3.8) is 0 Å². The van der Waals surface area contributed by atoms with E-state index in [9.17, 15) is 14.7 Å². The number of ether oxygens (including phenoxy) is 1. The Bertz CT molecular complexity index is 632. The number of halogens is 2. The Kier molecular flexibility index (Phi) is 4.05. The SMILES string of the molecule is O=C(O)C1[C@H]2[C@H](C(=O)O)[C@H](OCc3ccc(Cl)c(Cl)c3)C[C@@H]12. The predicted octanol–water partition coefficient (Wildman–Crippen LogP) is 2.93. The van der Waals surface area contributed by atoms with Crippen molar-refractivity contribution in [3.05, 3.63) is 33.8 Å². The summed E-state index contributed by atoms with van der Waals surface area (Å²) in [5, 5.41) is 19.3. The van der Waals surface area contributed by atoms with Gasteiger partial charge in [-0.3, -0.25) is 9.59 Å². The first-order valence-electron chi connectivity index (χ1n) is 6.91. The number of fused-ring (bicyclic) bond motifs is 1. The van der Waals surface area contributed by atoms with Gasteiger partial charge in [-0.25, -0.2) is 0 Å². The molecule has 0 spiro atoms. The highest BCUT2D eigenvalue weighted by atomic mass is 35.5. The lowest BCUT2D eigenvalue weighted by Crippen LogP contribution is -2.31. The molecule has 118 valence electrons. The molecule has 0 aromatic heterocycles. The maximum Gasteiger partial charge on any atom is 0.309 e. The Morgan fingerprint density at radius 2 is 1.82 bits per heavy atom. The Hall–Kier alpha value is -1.30. The molecule has 0 saturated heterocycles. The lowest BCUT2D eigenvalue weighted by atomic mass is 9.97. The molecule has 0 aliphatic heterocycles. The summed E-state index contributed by atoms with van der Waals surface area (Å²) >= 11 is 11.8. The second kappa shape index (κ2) is 5.72. The average molecular weight is 345 g/mol. The van der Waals surface area contributed by atoms with Gasteiger partial charge in [-0.1, -0.05) is 29.3 Å². The highest BCUT2D eigenvalue weighted by Gasteiger charge is 2.67. The Morgan fingerprint density at radius 1 is 1.14 bits per heavy atom. The third kappa shape index (κ3) is 2.69. The van der Waals surface area contributed by atoms with E-state index in [4.69, 9.17) is 33.0 Å². The molecule has 2 fully saturated rings. The summed E-state index contributed by atoms with van der Waals surface area (Å²) in [5.41, 5.74) is 0.800. The largest absolute Gasteiger partial charge is 0.481 e. The maximum absolute atomic E-state index is 11.4. The summed E-state index contributed by atoms with van der Waals surface area (Å²) in [4.78, 5) is 22.5. The number of aliphatic carboxylic acids is 2. The summed E-state index contributed by atoms with van der Waals surface area (Å²) in [6, 6.07) is 5.10. The highest BCUT2D eigenvalue weighted by molar-refractivity contribution is 6.42. The zero-order valence-corrected chi connectivity index (χ0v) is 12.9. The number of rotatable bonds is 5. The third-order valence-electron chi connectivity index (χ3n) is 4.57. The van der Waals surface area contributed by atoms with Crippen LogP contribution in [-0.4, -0.2) is 28.3 Å². The van der Waals surface area contributed by atoms with E-state index in [-0.39, 0.29) is 18.4 Å². The van der Waals surface area contributed by atoms with Crippen LogP contribution in [0.25, 0.3) is 0 Å². The van der Waals surface area contributed by atoms with Gasteiger partial charge < -0.3 is 14.9 Å². The van der Waals surface area contributed by atoms with Crippen LogP contribution >= 0.6 is 23.2 Å². The van der Waals surface area contributed by atoms with Crippen LogP contribution in [-0.2, 0) is 20.9 Å². The minimum Gasteiger partial charge on any atom is -0.481 e. The zero-order chi connectivity index (χ0) is 16.0. The van der Waals surface area contributed by atoms with Crippen molar-refractivity contribution in [3.8, 4) is 0 Å². The van der Waals surface area contributed by atoms with Crippen molar-refractivity contribution in [2.24, 2.45) is 23.7 Å². The van der Waals surface area contributed by atoms with Crippen LogP contribution in [0.4, 0.5) is 0 Å². The molecule has 1 unspecified atom stereocenters. The average Bonchev–Trinajstić information content (AvgIpc) is 3.01. The molecular weight excluding hydrogens is 331 g/mol. The van der Waals surface area contributed by atoms with E-state index in [1.165, 1.54) is 0 Å². The van der Waals surface area contributed by atoms with Crippen molar-refractivity contribution >= 4 is 35.1 Å². The van der Waals surface area contributed by atoms with Gasteiger partial charge in [0.1, 0.15) is 0 Å². The number of carboxylic acids is 2. The van der Waals surface area contributed by atoms with Crippen LogP contribution in [0.3, 0.4) is 0 Å². The van der Waals surface area contributed by atoms with Gasteiger partial charge in [0.2, 0.25) is 0 Å². The van der Waals surface area contributed by atoms with Gasteiger partial charge in [-0.15, -0.1) is 0 Å². The molecule has 2 saturated carbocycles. The van der Waals surface area contributed by atoms with Crippen LogP contribution in [0.1, 0.15) is 12.0 Å². The number of carbonyl (C=O) groups is 2. The number of carboxylic acid groups (broad SMARTS) is 2. The van der Waals surface area contributed by atoms with E-state index in [0.717, 1.165) is 5.56 Å². The summed E-state index contributed by atoms with van der Waals surface area (Å²) < 4.78 is 5.71. The molecule has 0 amide bonds. The second-order valence-electron chi connectivity index (χ2n) is 5.80. The van der Waals surface area contributed by atoms with Gasteiger partial charge >= 0.3 is 11.9 Å². The summed E-state index contributed by atoms with van der Waals surface area (Å²) in [6.45, 7) is 0.225. The number of hydrogen-bond donors (Lipinski definition) is 2. The number of benzene rings is 1. The summed E-state index contributed by atoms with van der Waals surface area (Å²) in [6.07, 6.45) is 0.0115. The number of hydrogen-bond acceptors (Lipinski definition) is 3. The van der Waals surface area contributed by atoms with Crippen LogP contribution in [0.5, 0.6) is 0 Å². The third-order valence-corrected chi connectivity index (χ3v) is 5.31. The van der Waals surface area contributed by atoms with Crippen molar-refractivity contribution < 1.29 is 24.5 Å². The van der Waals surface area contributed by atoms with Crippen LogP contribution in [0.2, 0.25) is 10.0 Å². The Morgan fingerprint density at radius 3 is 2.41 bits per heavy atom. The van der Waals surface area contributed by atoms with E-state index in [2.05, 4.69) is 0 Å². The van der Waals surface area contributed by atoms with E-state index < -0.39 is 29.9 Å². The first-order chi connectivity index (χ1) is 10.4. The van der Waals surface area contributed by atoms with E-state index in [0.29, 0.717) is 16.5 Å². The van der Waals surface area contributed by atoms with Gasteiger partial charge in [-0.2, -0.15) is 0 Å². The molecule has 3 rings (SSSR count). The summed E-state index contributed by atoms with van der Waals surface area (Å²) in [7, 11) is 0. The molecular formula is C15H14Cl2O5. The molecule has 22 heavy (non-hydrogen) atoms. The molecule has 5 atom stereocenters. The first-order valence-corrected chi connectivity index (χ1v) is 7.67. The van der Waals surface area contributed by atoms with E-state index in [1.807, 2.05) is 0 Å². The molecule has 7 heteroatoms. The first kappa shape index (κ1) is 15.6. The lowest BCUT2D eigenvalue weighted by Gasteiger charge is -2.21. The maximum atomic E-state index is 11.4. The van der Waals surface area contributed by atoms with Crippen LogP contribution in [0, 0.1) is 23.7 Å². The zero-order valence-electron chi connectivity index (χ0n) is 11.4. The molecule has 2 aliphatic rings. The molecule has 1 aromatic carbocycles. The molecule has 5 nitrogen and oxygen atoms in total. The lowest BCUT2D eigenvalue weighted by molar-refractivity contribution is -0.149. The Labute approximate surface area is 136 Å². The van der Waals surface area contributed by atoms with Crippen LogP contribution < -0.4 is 0 Å². The molecule has 2 N–H and O–H groups in total. The Balaban J connectivity index is 1.65. The topological polar surface area (TPSA) is 83.8 Å². The van der Waals surface area contributed by atoms with Gasteiger partial charge in [-0.05, 0) is 36.0 Å². The molecule has 0 heterocycles. The molecule has 1 aromatic rings. The molecule has 0 radical (unpaired) electrons. The monoisotopic (exact) mass is 344 g/mol. The fourth-order valence-electron chi connectivity index (χ4n) is 3.53. The van der Waals surface area contributed by atoms with Crippen molar-refractivity contribution in [1.29, 1.82) is 0 Å². The molecule has 0 bridgehead atoms. The van der Waals surface area contributed by atoms with Gasteiger partial charge in [0.25, 0.3) is 0 Å². The van der Waals surface area contributed by atoms with Crippen LogP contribution in [0.15, 0.2) is 18.2 Å². The fraction of sp³-hybridized carbons (Fsp3) is 0.467. The highest BCUT2D eigenvalue weighted by Crippen LogP contribution is 2.61. The summed E-state index contributed by atoms with van der Waals surface area (Å²) in [5.74, 6) is -3.59. The van der Waals surface area contributed by atoms with Gasteiger partial charge in [0, 0.05) is 0 Å². The standard InChI is InChI=1S/C15H14Cl2O5/c16-8-2-1-6(3-9(8)17)5-22-10-4-7-11(12(7)14(18)19)13(10)15(20)21/h1-3,7,10-13H,4-5H2,(H,18,19)(H,20,21)/t7-,10-,11+,12?,13-/m1/s1. The predicted molar refractivity (Wildman–Crippen MR) is 78.9 cm³/mol. The smallest absolute Gasteiger partial charge is 0.309 e. The van der Waals surface area contributed by atoms with Crippen molar-refractivity contribution in [2.45, 2.75) is 19.1 Å². The van der Waals surface area contributed by atoms with Crippen molar-refractivity contribution in [1.82, 2.24) is 0 Å². The van der Waals surface area contributed by atoms with E-state index >= 15 is 0 Å².